The number of hydrogen-bond donors (Lipinski definition) is 3. The summed E-state index contributed by atoms with van der Waals surface area (Å²) in [7, 11) is -3.18. The summed E-state index contributed by atoms with van der Waals surface area (Å²) in [6.45, 7) is 6.92. The summed E-state index contributed by atoms with van der Waals surface area (Å²) in [5.41, 5.74) is 4.50. The van der Waals surface area contributed by atoms with Gasteiger partial charge >= 0.3 is 0 Å². The van der Waals surface area contributed by atoms with Crippen LogP contribution < -0.4 is 15.4 Å². The molecule has 1 aromatic heterocycles. The maximum atomic E-state index is 13.8. The van der Waals surface area contributed by atoms with Gasteiger partial charge in [0.15, 0.2) is 0 Å². The second-order valence-electron chi connectivity index (χ2n) is 12.8. The van der Waals surface area contributed by atoms with Gasteiger partial charge < -0.3 is 24.3 Å². The number of hydrogen-bond acceptors (Lipinski definition) is 5. The van der Waals surface area contributed by atoms with Gasteiger partial charge in [0, 0.05) is 28.7 Å². The lowest BCUT2D eigenvalue weighted by molar-refractivity contribution is -0.117. The maximum absolute atomic E-state index is 13.8. The van der Waals surface area contributed by atoms with Crippen LogP contribution in [-0.2, 0) is 21.0 Å². The Hall–Kier alpha value is -4.86. The number of carbonyl (C=O) groups is 2. The average Bonchev–Trinajstić information content (AvgIpc) is 3.47. The van der Waals surface area contributed by atoms with E-state index in [9.17, 15) is 18.4 Å². The Balaban J connectivity index is 1.32. The first-order chi connectivity index (χ1) is 22.3. The molecule has 2 atom stereocenters. The predicted molar refractivity (Wildman–Crippen MR) is 190 cm³/mol. The second kappa shape index (κ2) is 14.3. The van der Waals surface area contributed by atoms with E-state index in [1.807, 2.05) is 91.0 Å². The molecule has 0 radical (unpaired) electrons. The van der Waals surface area contributed by atoms with Crippen molar-refractivity contribution in [2.75, 3.05) is 24.2 Å². The monoisotopic (exact) mass is 652 g/mol. The van der Waals surface area contributed by atoms with E-state index in [1.165, 1.54) is 0 Å². The smallest absolute Gasteiger partial charge is 0.251 e. The Morgan fingerprint density at radius 1 is 0.936 bits per heavy atom. The van der Waals surface area contributed by atoms with Gasteiger partial charge in [-0.15, -0.1) is 0 Å². The van der Waals surface area contributed by atoms with E-state index in [0.29, 0.717) is 24.3 Å². The van der Waals surface area contributed by atoms with E-state index in [2.05, 4.69) is 37.3 Å². The van der Waals surface area contributed by atoms with Gasteiger partial charge in [-0.3, -0.25) is 9.59 Å². The van der Waals surface area contributed by atoms with Crippen molar-refractivity contribution in [3.8, 4) is 17.1 Å². The molecule has 0 aliphatic rings. The van der Waals surface area contributed by atoms with E-state index in [0.717, 1.165) is 39.2 Å². The highest BCUT2D eigenvalue weighted by atomic mass is 32.2. The predicted octanol–water partition coefficient (Wildman–Crippen LogP) is 7.41. The zero-order chi connectivity index (χ0) is 33.6. The Kier molecular flexibility index (Phi) is 10.2. The van der Waals surface area contributed by atoms with Crippen LogP contribution in [0.1, 0.15) is 48.2 Å². The van der Waals surface area contributed by atoms with Crippen molar-refractivity contribution in [2.45, 2.75) is 33.1 Å². The number of nitrogens with one attached hydrogen (secondary N) is 2. The summed E-state index contributed by atoms with van der Waals surface area (Å²) in [6.07, 6.45) is 0.390. The summed E-state index contributed by atoms with van der Waals surface area (Å²) in [5, 5.41) is 6.74. The summed E-state index contributed by atoms with van der Waals surface area (Å²) < 4.78 is 32.7. The van der Waals surface area contributed by atoms with Crippen molar-refractivity contribution in [1.29, 1.82) is 0 Å². The molecule has 0 fully saturated rings. The number of para-hydroxylation sites is 1. The Bertz CT molecular complexity index is 1910. The fourth-order valence-corrected chi connectivity index (χ4v) is 5.40. The quantitative estimate of drug-likeness (QED) is 0.121. The molecule has 3 N–H and O–H groups in total. The summed E-state index contributed by atoms with van der Waals surface area (Å²) in [5.74, 6) is 3.48. The number of carbonyl (C=O) groups excluding carboxylic acids is 2. The lowest BCUT2D eigenvalue weighted by Gasteiger charge is -2.20. The third-order valence-corrected chi connectivity index (χ3v) is 8.34. The van der Waals surface area contributed by atoms with Crippen LogP contribution >= 0.6 is 0 Å². The molecule has 0 aliphatic carbocycles. The van der Waals surface area contributed by atoms with Crippen LogP contribution in [0.3, 0.4) is 0 Å². The van der Waals surface area contributed by atoms with E-state index < -0.39 is 15.7 Å². The Labute approximate surface area is 276 Å². The zero-order valence-electron chi connectivity index (χ0n) is 26.8. The lowest BCUT2D eigenvalue weighted by Crippen LogP contribution is -2.28. The molecular weight excluding hydrogens is 612 g/mol. The number of amides is 2. The minimum atomic E-state index is -3.18. The minimum Gasteiger partial charge on any atom is -0.493 e. The van der Waals surface area contributed by atoms with Gasteiger partial charge in [-0.2, -0.15) is 0 Å². The van der Waals surface area contributed by atoms with Crippen LogP contribution in [0.5, 0.6) is 5.75 Å². The number of fused-ring (bicyclic) bond motifs is 1. The highest BCUT2D eigenvalue weighted by Crippen LogP contribution is 2.30. The first-order valence-electron chi connectivity index (χ1n) is 15.4. The Morgan fingerprint density at radius 2 is 1.62 bits per heavy atom. The number of furan rings is 1. The van der Waals surface area contributed by atoms with Gasteiger partial charge in [-0.1, -0.05) is 63.2 Å². The Morgan fingerprint density at radius 3 is 2.26 bits per heavy atom. The maximum Gasteiger partial charge on any atom is 0.251 e. The van der Waals surface area contributed by atoms with Crippen LogP contribution in [-0.4, -0.2) is 45.4 Å². The molecule has 2 amide bonds. The SMILES string of the molecule is C=S(=O)(O)CCNC(=O)c1ccc(CC(C(=O)Nc2ccc(-c3cc4ccccc4o3)cc2)c2ccc(OCC(C)(C)C)cc2)cc1. The van der Waals surface area contributed by atoms with Crippen molar-refractivity contribution in [3.05, 3.63) is 120 Å². The summed E-state index contributed by atoms with van der Waals surface area (Å²) in [6, 6.07) is 32.0. The van der Waals surface area contributed by atoms with Crippen molar-refractivity contribution >= 4 is 44.1 Å². The van der Waals surface area contributed by atoms with Gasteiger partial charge in [0.1, 0.15) is 17.1 Å². The van der Waals surface area contributed by atoms with Gasteiger partial charge in [-0.25, -0.2) is 4.21 Å². The minimum absolute atomic E-state index is 0.0117. The highest BCUT2D eigenvalue weighted by molar-refractivity contribution is 7.95. The number of benzene rings is 4. The molecular formula is C38H40N2O6S. The molecule has 244 valence electrons. The van der Waals surface area contributed by atoms with Crippen LogP contribution in [0, 0.1) is 5.41 Å². The molecule has 9 heteroatoms. The van der Waals surface area contributed by atoms with Gasteiger partial charge in [0.2, 0.25) is 5.91 Å². The molecule has 4 aromatic carbocycles. The van der Waals surface area contributed by atoms with Crippen LogP contribution in [0.4, 0.5) is 5.69 Å². The number of rotatable bonds is 12. The third-order valence-electron chi connectivity index (χ3n) is 7.50. The van der Waals surface area contributed by atoms with E-state index in [1.54, 1.807) is 12.1 Å². The summed E-state index contributed by atoms with van der Waals surface area (Å²) in [4.78, 5) is 26.3. The molecule has 0 saturated carbocycles. The topological polar surface area (TPSA) is 118 Å². The number of ether oxygens (including phenoxy) is 1. The molecule has 5 aromatic rings. The normalized spacial score (nSPS) is 13.4. The highest BCUT2D eigenvalue weighted by Gasteiger charge is 2.22. The van der Waals surface area contributed by atoms with Gasteiger partial charge in [0.25, 0.3) is 5.91 Å². The molecule has 8 nitrogen and oxygen atoms in total. The van der Waals surface area contributed by atoms with Crippen molar-refractivity contribution < 1.29 is 27.5 Å². The lowest BCUT2D eigenvalue weighted by atomic mass is 9.90. The van der Waals surface area contributed by atoms with Crippen molar-refractivity contribution in [2.24, 2.45) is 5.41 Å². The largest absolute Gasteiger partial charge is 0.493 e. The zero-order valence-corrected chi connectivity index (χ0v) is 27.6. The molecule has 2 unspecified atom stereocenters. The van der Waals surface area contributed by atoms with Crippen molar-refractivity contribution in [1.82, 2.24) is 5.32 Å². The third kappa shape index (κ3) is 9.57. The first-order valence-corrected chi connectivity index (χ1v) is 17.3. The van der Waals surface area contributed by atoms with Gasteiger partial charge in [0.05, 0.1) is 28.1 Å². The standard InChI is InChI=1S/C38H40N2O6S/c1-38(2,3)25-45-32-19-15-27(16-20-32)33(23-26-9-11-29(12-10-26)36(41)39-21-22-47(4,43)44)37(42)40-31-17-13-28(14-18-31)35-24-30-7-5-6-8-34(30)46-35/h5-20,24,33H,4,21-23,25H2,1-3H3,(H,39,41)(H,40,42)(H,43,44). The van der Waals surface area contributed by atoms with Crippen LogP contribution in [0.2, 0.25) is 0 Å². The molecule has 0 spiro atoms. The van der Waals surface area contributed by atoms with Crippen molar-refractivity contribution in [3.63, 3.8) is 0 Å². The fourth-order valence-electron chi connectivity index (χ4n) is 4.98. The van der Waals surface area contributed by atoms with Gasteiger partial charge in [-0.05, 0) is 89.5 Å². The average molecular weight is 653 g/mol. The molecule has 0 aliphatic heterocycles. The van der Waals surface area contributed by atoms with E-state index in [-0.39, 0.29) is 29.5 Å². The molecule has 0 bridgehead atoms. The van der Waals surface area contributed by atoms with Crippen LogP contribution in [0.15, 0.2) is 108 Å². The first kappa shape index (κ1) is 33.5. The van der Waals surface area contributed by atoms with E-state index >= 15 is 0 Å². The number of anilines is 1. The van der Waals surface area contributed by atoms with Crippen LogP contribution in [0.25, 0.3) is 22.3 Å². The molecule has 1 heterocycles. The molecule has 47 heavy (non-hydrogen) atoms. The summed E-state index contributed by atoms with van der Waals surface area (Å²) >= 11 is 0. The molecule has 0 saturated heterocycles. The second-order valence-corrected chi connectivity index (χ2v) is 14.8. The van der Waals surface area contributed by atoms with E-state index in [4.69, 9.17) is 9.15 Å². The fraction of sp³-hybridized carbons (Fsp3) is 0.237. The molecule has 5 rings (SSSR count).